The van der Waals surface area contributed by atoms with Crippen molar-refractivity contribution in [2.75, 3.05) is 0 Å². The van der Waals surface area contributed by atoms with Crippen LogP contribution in [0.1, 0.15) is 0 Å². The Hall–Kier alpha value is -11.9. The van der Waals surface area contributed by atoms with Crippen molar-refractivity contribution in [1.82, 2.24) is 28.2 Å². The molecule has 88 heavy (non-hydrogen) atoms. The van der Waals surface area contributed by atoms with Crippen molar-refractivity contribution in [3.8, 4) is 56.5 Å². The Morgan fingerprint density at radius 3 is 1.16 bits per heavy atom. The van der Waals surface area contributed by atoms with Crippen molar-refractivity contribution < 1.29 is 0 Å². The number of hydrogen-bond donors (Lipinski definition) is 0. The van der Waals surface area contributed by atoms with E-state index in [1.807, 2.05) is 0 Å². The molecule has 6 heteroatoms. The molecule has 5 heterocycles. The van der Waals surface area contributed by atoms with Crippen LogP contribution < -0.4 is 0 Å². The van der Waals surface area contributed by atoms with E-state index in [0.29, 0.717) is 5.95 Å². The van der Waals surface area contributed by atoms with E-state index in [9.17, 15) is 0 Å². The van der Waals surface area contributed by atoms with Crippen molar-refractivity contribution in [2.45, 2.75) is 0 Å². The molecule has 0 saturated heterocycles. The molecule has 408 valence electrons. The number of fused-ring (bicyclic) bond motifs is 16. The highest BCUT2D eigenvalue weighted by atomic mass is 15.2. The second-order valence-corrected chi connectivity index (χ2v) is 23.3. The highest BCUT2D eigenvalue weighted by molar-refractivity contribution is 6.16. The summed E-state index contributed by atoms with van der Waals surface area (Å²) >= 11 is 0. The first kappa shape index (κ1) is 48.5. The van der Waals surface area contributed by atoms with Gasteiger partial charge in [0, 0.05) is 76.5 Å². The molecule has 5 aromatic heterocycles. The normalized spacial score (nSPS) is 12.1. The summed E-state index contributed by atoms with van der Waals surface area (Å²) in [5.74, 6) is 0.628. The lowest BCUT2D eigenvalue weighted by atomic mass is 9.99. The minimum Gasteiger partial charge on any atom is -0.309 e. The van der Waals surface area contributed by atoms with E-state index >= 15 is 0 Å². The first-order valence-electron chi connectivity index (χ1n) is 30.1. The third-order valence-electron chi connectivity index (χ3n) is 18.5. The van der Waals surface area contributed by atoms with Crippen LogP contribution in [-0.4, -0.2) is 28.2 Å². The van der Waals surface area contributed by atoms with Gasteiger partial charge in [-0.15, -0.1) is 0 Å². The van der Waals surface area contributed by atoms with Crippen LogP contribution in [-0.2, 0) is 0 Å². The van der Waals surface area contributed by atoms with Crippen molar-refractivity contribution in [3.05, 3.63) is 303 Å². The number of para-hydroxylation sites is 6. The number of aromatic nitrogens is 6. The van der Waals surface area contributed by atoms with Gasteiger partial charge in [-0.2, -0.15) is 0 Å². The number of nitrogens with zero attached hydrogens (tertiary/aromatic N) is 6. The van der Waals surface area contributed by atoms with Gasteiger partial charge < -0.3 is 13.7 Å². The molecule has 0 bridgehead atoms. The SMILES string of the molecule is c1ccc(-n2c3ccccc3c3cc(-c4ccc5c6ccccc6n(-c6ccc7cc(-c8nc(-n9c%10ccccc%10c%10ccc(-c%11ccc%12c(c%11)c%11ccccc%11n%12-c%11ccccc%11)cc%109)nc9c8ccc8ccccc89)ccc7c6)c5c4)ccc32)cc1. The Kier molecular flexibility index (Phi) is 10.4. The lowest BCUT2D eigenvalue weighted by molar-refractivity contribution is 1.02. The minimum absolute atomic E-state index is 0.628. The van der Waals surface area contributed by atoms with Gasteiger partial charge >= 0.3 is 0 Å². The van der Waals surface area contributed by atoms with E-state index < -0.39 is 0 Å². The van der Waals surface area contributed by atoms with Crippen LogP contribution in [0.25, 0.3) is 176 Å². The van der Waals surface area contributed by atoms with E-state index in [0.717, 1.165) is 93.7 Å². The van der Waals surface area contributed by atoms with E-state index in [4.69, 9.17) is 9.97 Å². The lowest BCUT2D eigenvalue weighted by Gasteiger charge is -2.14. The molecule has 0 N–H and O–H groups in total. The van der Waals surface area contributed by atoms with Crippen LogP contribution in [0, 0.1) is 0 Å². The first-order chi connectivity index (χ1) is 43.6. The third-order valence-corrected chi connectivity index (χ3v) is 18.5. The van der Waals surface area contributed by atoms with Gasteiger partial charge in [-0.25, -0.2) is 9.97 Å². The van der Waals surface area contributed by atoms with Gasteiger partial charge in [0.05, 0.1) is 55.3 Å². The molecule has 0 atom stereocenters. The molecule has 0 spiro atoms. The summed E-state index contributed by atoms with van der Waals surface area (Å²) in [4.78, 5) is 11.3. The first-order valence-corrected chi connectivity index (χ1v) is 30.1. The maximum absolute atomic E-state index is 5.69. The van der Waals surface area contributed by atoms with Crippen LogP contribution in [0.5, 0.6) is 0 Å². The topological polar surface area (TPSA) is 45.5 Å². The summed E-state index contributed by atoms with van der Waals surface area (Å²) in [6.07, 6.45) is 0. The summed E-state index contributed by atoms with van der Waals surface area (Å²) < 4.78 is 9.48. The Labute approximate surface area is 504 Å². The zero-order valence-electron chi connectivity index (χ0n) is 47.6. The molecule has 0 saturated carbocycles. The van der Waals surface area contributed by atoms with Crippen LogP contribution in [0.15, 0.2) is 303 Å². The smallest absolute Gasteiger partial charge is 0.235 e. The fourth-order valence-electron chi connectivity index (χ4n) is 14.5. The fraction of sp³-hybridized carbons (Fsp3) is 0. The van der Waals surface area contributed by atoms with Gasteiger partial charge in [-0.1, -0.05) is 194 Å². The molecule has 0 aliphatic heterocycles. The highest BCUT2D eigenvalue weighted by Crippen LogP contribution is 2.43. The molecule has 0 fully saturated rings. The Balaban J connectivity index is 0.748. The van der Waals surface area contributed by atoms with E-state index in [1.165, 1.54) is 76.5 Å². The van der Waals surface area contributed by atoms with Gasteiger partial charge in [-0.05, 0) is 148 Å². The average molecular weight is 1120 g/mol. The minimum atomic E-state index is 0.628. The van der Waals surface area contributed by atoms with Crippen molar-refractivity contribution in [1.29, 1.82) is 0 Å². The maximum atomic E-state index is 5.69. The third kappa shape index (κ3) is 7.23. The largest absolute Gasteiger partial charge is 0.309 e. The van der Waals surface area contributed by atoms with Crippen molar-refractivity contribution >= 4 is 120 Å². The number of hydrogen-bond acceptors (Lipinski definition) is 2. The van der Waals surface area contributed by atoms with Crippen LogP contribution in [0.2, 0.25) is 0 Å². The number of benzene rings is 14. The van der Waals surface area contributed by atoms with Gasteiger partial charge in [-0.3, -0.25) is 4.57 Å². The molecule has 0 aliphatic carbocycles. The average Bonchev–Trinajstić information content (AvgIpc) is 1.64. The summed E-state index contributed by atoms with van der Waals surface area (Å²) in [5.41, 5.74) is 20.1. The number of rotatable bonds is 7. The maximum Gasteiger partial charge on any atom is 0.235 e. The lowest BCUT2D eigenvalue weighted by Crippen LogP contribution is -2.04. The molecule has 19 aromatic rings. The van der Waals surface area contributed by atoms with Gasteiger partial charge in [0.25, 0.3) is 0 Å². The van der Waals surface area contributed by atoms with Gasteiger partial charge in [0.1, 0.15) is 0 Å². The monoisotopic (exact) mass is 1120 g/mol. The Morgan fingerprint density at radius 2 is 0.580 bits per heavy atom. The van der Waals surface area contributed by atoms with E-state index in [1.54, 1.807) is 0 Å². The molecular weight excluding hydrogens is 1070 g/mol. The second-order valence-electron chi connectivity index (χ2n) is 23.3. The van der Waals surface area contributed by atoms with Crippen molar-refractivity contribution in [3.63, 3.8) is 0 Å². The molecule has 0 aliphatic rings. The molecule has 0 unspecified atom stereocenters. The Bertz CT molecular complexity index is 6120. The standard InChI is InChI=1S/C82H50N6/c1-3-18-59(19-4-1)85-73-28-14-11-25-65(73)70-47-54(37-43-76(70)85)56-35-40-67-63-23-9-13-27-72(63)87(78(67)49-56)61-39-33-52-45-58(32-31-53(52)46-61)80-69-42-34-51-17-7-8-22-62(51)81(69)84-82(83-80)88-75-30-16-10-24-64(75)68-41-36-57(50-79(68)88)55-38-44-77-71(48-55)66-26-12-15-29-74(66)86(77)60-20-5-2-6-21-60/h1-50H. The predicted octanol–water partition coefficient (Wildman–Crippen LogP) is 21.3. The summed E-state index contributed by atoms with van der Waals surface area (Å²) in [7, 11) is 0. The molecule has 14 aromatic carbocycles. The predicted molar refractivity (Wildman–Crippen MR) is 368 cm³/mol. The second kappa shape index (κ2) is 18.8. The molecule has 19 rings (SSSR count). The van der Waals surface area contributed by atoms with Gasteiger partial charge in [0.15, 0.2) is 0 Å². The highest BCUT2D eigenvalue weighted by Gasteiger charge is 2.22. The zero-order valence-corrected chi connectivity index (χ0v) is 47.6. The summed E-state index contributed by atoms with van der Waals surface area (Å²) in [6.45, 7) is 0. The summed E-state index contributed by atoms with van der Waals surface area (Å²) in [5, 5.41) is 15.2. The van der Waals surface area contributed by atoms with Gasteiger partial charge in [0.2, 0.25) is 5.95 Å². The molecule has 0 amide bonds. The molecule has 6 nitrogen and oxygen atoms in total. The quantitative estimate of drug-likeness (QED) is 0.149. The van der Waals surface area contributed by atoms with Crippen LogP contribution in [0.4, 0.5) is 0 Å². The molecule has 0 radical (unpaired) electrons. The summed E-state index contributed by atoms with van der Waals surface area (Å²) in [6, 6.07) is 111. The zero-order chi connectivity index (χ0) is 57.6. The fourth-order valence-corrected chi connectivity index (χ4v) is 14.5. The Morgan fingerprint density at radius 1 is 0.193 bits per heavy atom. The van der Waals surface area contributed by atoms with E-state index in [2.05, 4.69) is 322 Å². The van der Waals surface area contributed by atoms with E-state index in [-0.39, 0.29) is 0 Å². The molecular formula is C82H50N6. The van der Waals surface area contributed by atoms with Crippen molar-refractivity contribution in [2.24, 2.45) is 0 Å². The van der Waals surface area contributed by atoms with Crippen LogP contribution in [0.3, 0.4) is 0 Å². The van der Waals surface area contributed by atoms with Crippen LogP contribution >= 0.6 is 0 Å².